The van der Waals surface area contributed by atoms with Crippen LogP contribution in [0.5, 0.6) is 0 Å². The molecule has 0 aliphatic carbocycles. The molecular formula is C15H28BrN3S. The standard InChI is InChI=1S/C15H28BrN3S/c1-5-8-17-14(11-20-12(4)7-3)15-13(16)10-18-19(15)9-6-2/h10,12,14,17H,5-9,11H2,1-4H3. The van der Waals surface area contributed by atoms with Crippen LogP contribution in [0.25, 0.3) is 0 Å². The summed E-state index contributed by atoms with van der Waals surface area (Å²) in [5, 5.41) is 8.89. The monoisotopic (exact) mass is 361 g/mol. The predicted molar refractivity (Wildman–Crippen MR) is 93.5 cm³/mol. The van der Waals surface area contributed by atoms with Crippen molar-refractivity contribution < 1.29 is 0 Å². The Kier molecular flexibility index (Phi) is 8.89. The fourth-order valence-corrected chi connectivity index (χ4v) is 3.64. The van der Waals surface area contributed by atoms with E-state index >= 15 is 0 Å². The maximum Gasteiger partial charge on any atom is 0.0704 e. The maximum absolute atomic E-state index is 4.50. The normalized spacial score (nSPS) is 14.4. The van der Waals surface area contributed by atoms with Crippen molar-refractivity contribution in [3.05, 3.63) is 16.4 Å². The van der Waals surface area contributed by atoms with E-state index in [1.807, 2.05) is 18.0 Å². The molecule has 1 aromatic heterocycles. The number of aryl methyl sites for hydroxylation is 1. The fraction of sp³-hybridized carbons (Fsp3) is 0.800. The molecule has 0 aliphatic heterocycles. The van der Waals surface area contributed by atoms with E-state index in [9.17, 15) is 0 Å². The second-order valence-corrected chi connectivity index (χ2v) is 7.49. The lowest BCUT2D eigenvalue weighted by molar-refractivity contribution is 0.497. The second kappa shape index (κ2) is 9.85. The molecule has 0 spiro atoms. The Labute approximate surface area is 136 Å². The lowest BCUT2D eigenvalue weighted by Gasteiger charge is -2.22. The molecular weight excluding hydrogens is 334 g/mol. The van der Waals surface area contributed by atoms with Crippen LogP contribution in [-0.2, 0) is 6.54 Å². The molecule has 0 fully saturated rings. The van der Waals surface area contributed by atoms with Gasteiger partial charge in [-0.2, -0.15) is 16.9 Å². The van der Waals surface area contributed by atoms with Gasteiger partial charge in [-0.25, -0.2) is 0 Å². The Bertz CT molecular complexity index is 381. The Morgan fingerprint density at radius 3 is 2.70 bits per heavy atom. The second-order valence-electron chi connectivity index (χ2n) is 5.16. The van der Waals surface area contributed by atoms with E-state index in [0.29, 0.717) is 11.3 Å². The van der Waals surface area contributed by atoms with Crippen molar-refractivity contribution in [2.45, 2.75) is 64.8 Å². The summed E-state index contributed by atoms with van der Waals surface area (Å²) in [6.45, 7) is 11.0. The number of rotatable bonds is 10. The number of thioether (sulfide) groups is 1. The molecule has 1 aromatic rings. The van der Waals surface area contributed by atoms with Crippen LogP contribution >= 0.6 is 27.7 Å². The summed E-state index contributed by atoms with van der Waals surface area (Å²) in [4.78, 5) is 0. The molecule has 20 heavy (non-hydrogen) atoms. The minimum Gasteiger partial charge on any atom is -0.308 e. The molecule has 0 aliphatic rings. The zero-order chi connectivity index (χ0) is 15.0. The van der Waals surface area contributed by atoms with Gasteiger partial charge in [-0.05, 0) is 41.7 Å². The van der Waals surface area contributed by atoms with Gasteiger partial charge in [0.1, 0.15) is 0 Å². The Morgan fingerprint density at radius 2 is 2.10 bits per heavy atom. The van der Waals surface area contributed by atoms with Gasteiger partial charge in [0.25, 0.3) is 0 Å². The van der Waals surface area contributed by atoms with Crippen molar-refractivity contribution in [1.29, 1.82) is 0 Å². The number of hydrogen-bond acceptors (Lipinski definition) is 3. The first-order valence-electron chi connectivity index (χ1n) is 7.70. The molecule has 0 radical (unpaired) electrons. The number of aromatic nitrogens is 2. The minimum atomic E-state index is 0.373. The van der Waals surface area contributed by atoms with Gasteiger partial charge in [0.2, 0.25) is 0 Å². The van der Waals surface area contributed by atoms with Crippen LogP contribution in [0.3, 0.4) is 0 Å². The van der Waals surface area contributed by atoms with Crippen LogP contribution in [0.4, 0.5) is 0 Å². The van der Waals surface area contributed by atoms with Crippen molar-refractivity contribution in [3.63, 3.8) is 0 Å². The molecule has 0 aromatic carbocycles. The minimum absolute atomic E-state index is 0.373. The van der Waals surface area contributed by atoms with Crippen LogP contribution in [0.15, 0.2) is 10.7 Å². The summed E-state index contributed by atoms with van der Waals surface area (Å²) in [5.41, 5.74) is 1.30. The summed E-state index contributed by atoms with van der Waals surface area (Å²) < 4.78 is 3.28. The smallest absolute Gasteiger partial charge is 0.0704 e. The number of halogens is 1. The Morgan fingerprint density at radius 1 is 1.35 bits per heavy atom. The van der Waals surface area contributed by atoms with Crippen LogP contribution < -0.4 is 5.32 Å². The van der Waals surface area contributed by atoms with Crippen LogP contribution in [0, 0.1) is 0 Å². The largest absolute Gasteiger partial charge is 0.308 e. The zero-order valence-electron chi connectivity index (χ0n) is 13.2. The quantitative estimate of drug-likeness (QED) is 0.658. The molecule has 1 rings (SSSR count). The Balaban J connectivity index is 2.82. The lowest BCUT2D eigenvalue weighted by Crippen LogP contribution is -2.27. The van der Waals surface area contributed by atoms with E-state index in [0.717, 1.165) is 36.2 Å². The fourth-order valence-electron chi connectivity index (χ4n) is 2.04. The summed E-state index contributed by atoms with van der Waals surface area (Å²) >= 11 is 5.72. The van der Waals surface area contributed by atoms with Crippen molar-refractivity contribution in [2.24, 2.45) is 0 Å². The van der Waals surface area contributed by atoms with E-state index in [2.05, 4.69) is 58.7 Å². The van der Waals surface area contributed by atoms with E-state index in [1.54, 1.807) is 0 Å². The molecule has 1 heterocycles. The first kappa shape index (κ1) is 18.1. The summed E-state index contributed by atoms with van der Waals surface area (Å²) in [6, 6.07) is 0.373. The SMILES string of the molecule is CCCNC(CSC(C)CC)c1c(Br)cnn1CCC. The van der Waals surface area contributed by atoms with Crippen molar-refractivity contribution >= 4 is 27.7 Å². The third-order valence-corrected chi connectivity index (χ3v) is 5.40. The number of nitrogens with zero attached hydrogens (tertiary/aromatic N) is 2. The van der Waals surface area contributed by atoms with Gasteiger partial charge in [0.15, 0.2) is 0 Å². The molecule has 0 saturated heterocycles. The molecule has 2 atom stereocenters. The van der Waals surface area contributed by atoms with Gasteiger partial charge in [0, 0.05) is 17.5 Å². The van der Waals surface area contributed by atoms with E-state index < -0.39 is 0 Å². The molecule has 0 saturated carbocycles. The molecule has 0 amide bonds. The van der Waals surface area contributed by atoms with Crippen LogP contribution in [0.2, 0.25) is 0 Å². The molecule has 2 unspecified atom stereocenters. The summed E-state index contributed by atoms with van der Waals surface area (Å²) in [5.74, 6) is 1.10. The lowest BCUT2D eigenvalue weighted by atomic mass is 10.2. The highest BCUT2D eigenvalue weighted by Gasteiger charge is 2.20. The predicted octanol–water partition coefficient (Wildman–Crippen LogP) is 4.63. The summed E-state index contributed by atoms with van der Waals surface area (Å²) in [7, 11) is 0. The van der Waals surface area contributed by atoms with Gasteiger partial charge in [0.05, 0.1) is 22.4 Å². The highest BCUT2D eigenvalue weighted by Crippen LogP contribution is 2.28. The van der Waals surface area contributed by atoms with Gasteiger partial charge < -0.3 is 5.32 Å². The molecule has 5 heteroatoms. The van der Waals surface area contributed by atoms with Gasteiger partial charge in [-0.15, -0.1) is 0 Å². The van der Waals surface area contributed by atoms with Gasteiger partial charge in [-0.1, -0.05) is 27.7 Å². The average molecular weight is 362 g/mol. The third kappa shape index (κ3) is 5.41. The third-order valence-electron chi connectivity index (χ3n) is 3.36. The van der Waals surface area contributed by atoms with E-state index in [1.165, 1.54) is 12.1 Å². The first-order chi connectivity index (χ1) is 9.63. The van der Waals surface area contributed by atoms with Gasteiger partial charge in [-0.3, -0.25) is 4.68 Å². The van der Waals surface area contributed by atoms with E-state index in [-0.39, 0.29) is 0 Å². The molecule has 3 nitrogen and oxygen atoms in total. The van der Waals surface area contributed by atoms with Crippen LogP contribution in [-0.4, -0.2) is 27.3 Å². The topological polar surface area (TPSA) is 29.9 Å². The highest BCUT2D eigenvalue weighted by atomic mass is 79.9. The average Bonchev–Trinajstić information content (AvgIpc) is 2.80. The number of hydrogen-bond donors (Lipinski definition) is 1. The molecule has 116 valence electrons. The van der Waals surface area contributed by atoms with Crippen molar-refractivity contribution in [1.82, 2.24) is 15.1 Å². The van der Waals surface area contributed by atoms with Crippen LogP contribution in [0.1, 0.15) is 58.7 Å². The molecule has 0 bridgehead atoms. The van der Waals surface area contributed by atoms with Gasteiger partial charge >= 0.3 is 0 Å². The van der Waals surface area contributed by atoms with E-state index in [4.69, 9.17) is 0 Å². The first-order valence-corrected chi connectivity index (χ1v) is 9.54. The Hall–Kier alpha value is 0. The molecule has 1 N–H and O–H groups in total. The van der Waals surface area contributed by atoms with Crippen molar-refractivity contribution in [2.75, 3.05) is 12.3 Å². The maximum atomic E-state index is 4.50. The number of nitrogens with one attached hydrogen (secondary N) is 1. The summed E-state index contributed by atoms with van der Waals surface area (Å²) in [6.07, 6.45) is 5.42. The van der Waals surface area contributed by atoms with Crippen molar-refractivity contribution in [3.8, 4) is 0 Å². The highest BCUT2D eigenvalue weighted by molar-refractivity contribution is 9.10. The zero-order valence-corrected chi connectivity index (χ0v) is 15.6.